The Kier molecular flexibility index (Phi) is 5.31. The minimum atomic E-state index is -1.31. The molecular formula is C17H19NO7. The smallest absolute Gasteiger partial charge is 0.350 e. The van der Waals surface area contributed by atoms with Crippen molar-refractivity contribution in [3.63, 3.8) is 0 Å². The number of rotatable bonds is 5. The van der Waals surface area contributed by atoms with Gasteiger partial charge in [0.15, 0.2) is 5.57 Å². The monoisotopic (exact) mass is 349 g/mol. The van der Waals surface area contributed by atoms with Gasteiger partial charge in [0.2, 0.25) is 0 Å². The summed E-state index contributed by atoms with van der Waals surface area (Å²) in [6.45, 7) is 2.92. The first-order chi connectivity index (χ1) is 11.8. The molecule has 0 unspecified atom stereocenters. The molecule has 134 valence electrons. The molecule has 1 aromatic rings. The van der Waals surface area contributed by atoms with Gasteiger partial charge in [-0.15, -0.1) is 0 Å². The van der Waals surface area contributed by atoms with Crippen molar-refractivity contribution >= 4 is 23.6 Å². The zero-order valence-electron chi connectivity index (χ0n) is 14.4. The molecule has 1 N–H and O–H groups in total. The molecule has 2 rings (SSSR count). The Bertz CT molecular complexity index is 715. The third kappa shape index (κ3) is 4.28. The molecule has 0 aliphatic carbocycles. The second kappa shape index (κ2) is 7.25. The van der Waals surface area contributed by atoms with Gasteiger partial charge < -0.3 is 24.3 Å². The Balaban J connectivity index is 2.31. The highest BCUT2D eigenvalue weighted by Gasteiger charge is 2.39. The molecule has 0 saturated carbocycles. The van der Waals surface area contributed by atoms with E-state index < -0.39 is 23.7 Å². The van der Waals surface area contributed by atoms with Gasteiger partial charge in [0.05, 0.1) is 26.3 Å². The largest absolute Gasteiger partial charge is 0.495 e. The lowest BCUT2D eigenvalue weighted by molar-refractivity contribution is -0.222. The van der Waals surface area contributed by atoms with Crippen LogP contribution in [-0.4, -0.2) is 37.9 Å². The van der Waals surface area contributed by atoms with E-state index in [9.17, 15) is 14.4 Å². The van der Waals surface area contributed by atoms with Gasteiger partial charge in [-0.2, -0.15) is 0 Å². The molecular weight excluding hydrogens is 330 g/mol. The van der Waals surface area contributed by atoms with E-state index >= 15 is 0 Å². The predicted octanol–water partition coefficient (Wildman–Crippen LogP) is 1.54. The molecule has 8 nitrogen and oxygen atoms in total. The maximum atomic E-state index is 12.0. The van der Waals surface area contributed by atoms with Crippen molar-refractivity contribution in [3.05, 3.63) is 35.5 Å². The number of nitrogens with one attached hydrogen (secondary N) is 1. The molecule has 0 amide bonds. The number of hydrogen-bond acceptors (Lipinski definition) is 8. The first-order valence-corrected chi connectivity index (χ1v) is 7.43. The molecule has 0 bridgehead atoms. The summed E-state index contributed by atoms with van der Waals surface area (Å²) in [5, 5.41) is 2.82. The van der Waals surface area contributed by atoms with Crippen molar-refractivity contribution in [2.75, 3.05) is 19.5 Å². The number of carbonyl (C=O) groups excluding carboxylic acids is 3. The molecule has 8 heteroatoms. The molecule has 1 aromatic carbocycles. The van der Waals surface area contributed by atoms with Crippen molar-refractivity contribution in [2.24, 2.45) is 0 Å². The number of hydrogen-bond donors (Lipinski definition) is 1. The molecule has 1 aliphatic rings. The number of para-hydroxylation sites is 1. The zero-order valence-corrected chi connectivity index (χ0v) is 14.4. The van der Waals surface area contributed by atoms with Gasteiger partial charge in [-0.25, -0.2) is 9.59 Å². The fourth-order valence-corrected chi connectivity index (χ4v) is 2.21. The summed E-state index contributed by atoms with van der Waals surface area (Å²) in [6.07, 6.45) is 1.15. The summed E-state index contributed by atoms with van der Waals surface area (Å²) >= 11 is 0. The van der Waals surface area contributed by atoms with Crippen LogP contribution in [0, 0.1) is 0 Å². The van der Waals surface area contributed by atoms with E-state index in [1.165, 1.54) is 34.3 Å². The summed E-state index contributed by atoms with van der Waals surface area (Å²) in [4.78, 5) is 35.5. The Morgan fingerprint density at radius 3 is 2.40 bits per heavy atom. The lowest BCUT2D eigenvalue weighted by Gasteiger charge is -2.29. The summed E-state index contributed by atoms with van der Waals surface area (Å²) in [5.41, 5.74) is 0.698. The van der Waals surface area contributed by atoms with Crippen LogP contribution in [0.25, 0.3) is 0 Å². The van der Waals surface area contributed by atoms with Gasteiger partial charge in [-0.3, -0.25) is 4.79 Å². The van der Waals surface area contributed by atoms with Crippen LogP contribution in [0.5, 0.6) is 5.75 Å². The van der Waals surface area contributed by atoms with Gasteiger partial charge in [0, 0.05) is 20.0 Å². The minimum absolute atomic E-state index is 0.0128. The zero-order chi connectivity index (χ0) is 18.6. The number of ether oxygens (including phenoxy) is 4. The van der Waals surface area contributed by atoms with E-state index in [0.29, 0.717) is 17.0 Å². The van der Waals surface area contributed by atoms with E-state index in [-0.39, 0.29) is 12.0 Å². The van der Waals surface area contributed by atoms with E-state index in [1.807, 2.05) is 0 Å². The quantitative estimate of drug-likeness (QED) is 0.485. The Morgan fingerprint density at radius 1 is 1.20 bits per heavy atom. The summed E-state index contributed by atoms with van der Waals surface area (Å²) < 4.78 is 20.0. The first-order valence-electron chi connectivity index (χ1n) is 7.43. The molecule has 0 aromatic heterocycles. The highest BCUT2D eigenvalue weighted by atomic mass is 16.7. The average Bonchev–Trinajstić information content (AvgIpc) is 2.53. The standard InChI is InChI=1S/C17H19NO7/c1-17(2)24-15(20)11(16(21)25-17)9-18-14-10(8-13(19)23-4)6-5-7-12(14)22-3/h5-7,9,18H,8H2,1-4H3. The van der Waals surface area contributed by atoms with Crippen LogP contribution < -0.4 is 10.1 Å². The number of carbonyl (C=O) groups is 3. The highest BCUT2D eigenvalue weighted by Crippen LogP contribution is 2.30. The van der Waals surface area contributed by atoms with E-state index in [0.717, 1.165) is 0 Å². The third-order valence-corrected chi connectivity index (χ3v) is 3.37. The molecule has 1 heterocycles. The van der Waals surface area contributed by atoms with Crippen molar-refractivity contribution < 1.29 is 33.3 Å². The van der Waals surface area contributed by atoms with Crippen molar-refractivity contribution in [1.29, 1.82) is 0 Å². The molecule has 25 heavy (non-hydrogen) atoms. The minimum Gasteiger partial charge on any atom is -0.495 e. The second-order valence-corrected chi connectivity index (χ2v) is 5.63. The van der Waals surface area contributed by atoms with Crippen LogP contribution in [0.3, 0.4) is 0 Å². The number of methoxy groups -OCH3 is 2. The topological polar surface area (TPSA) is 100 Å². The summed E-state index contributed by atoms with van der Waals surface area (Å²) in [5.74, 6) is -2.94. The molecule has 0 atom stereocenters. The van der Waals surface area contributed by atoms with E-state index in [2.05, 4.69) is 10.1 Å². The van der Waals surface area contributed by atoms with Crippen molar-refractivity contribution in [3.8, 4) is 5.75 Å². The van der Waals surface area contributed by atoms with E-state index in [4.69, 9.17) is 14.2 Å². The van der Waals surface area contributed by atoms with Gasteiger partial charge in [-0.05, 0) is 11.6 Å². The maximum Gasteiger partial charge on any atom is 0.350 e. The third-order valence-electron chi connectivity index (χ3n) is 3.37. The summed E-state index contributed by atoms with van der Waals surface area (Å²) in [7, 11) is 2.74. The van der Waals surface area contributed by atoms with Crippen LogP contribution in [0.1, 0.15) is 19.4 Å². The highest BCUT2D eigenvalue weighted by molar-refractivity contribution is 6.15. The van der Waals surface area contributed by atoms with Crippen LogP contribution >= 0.6 is 0 Å². The van der Waals surface area contributed by atoms with Gasteiger partial charge in [-0.1, -0.05) is 12.1 Å². The van der Waals surface area contributed by atoms with Crippen LogP contribution in [0.4, 0.5) is 5.69 Å². The Hall–Kier alpha value is -3.03. The fraction of sp³-hybridized carbons (Fsp3) is 0.353. The molecule has 0 radical (unpaired) electrons. The number of anilines is 1. The number of cyclic esters (lactones) is 2. The van der Waals surface area contributed by atoms with Gasteiger partial charge >= 0.3 is 17.9 Å². The maximum absolute atomic E-state index is 12.0. The van der Waals surface area contributed by atoms with Crippen molar-refractivity contribution in [2.45, 2.75) is 26.1 Å². The van der Waals surface area contributed by atoms with Crippen LogP contribution in [0.15, 0.2) is 30.0 Å². The molecule has 1 saturated heterocycles. The SMILES string of the molecule is COC(=O)Cc1cccc(OC)c1NC=C1C(=O)OC(C)(C)OC1=O. The van der Waals surface area contributed by atoms with E-state index in [1.54, 1.807) is 18.2 Å². The Labute approximate surface area is 144 Å². The summed E-state index contributed by atoms with van der Waals surface area (Å²) in [6, 6.07) is 5.07. The lowest BCUT2D eigenvalue weighted by atomic mass is 10.1. The molecule has 0 spiro atoms. The average molecular weight is 349 g/mol. The van der Waals surface area contributed by atoms with Gasteiger partial charge in [0.1, 0.15) is 5.75 Å². The lowest BCUT2D eigenvalue weighted by Crippen LogP contribution is -2.42. The second-order valence-electron chi connectivity index (χ2n) is 5.63. The van der Waals surface area contributed by atoms with Crippen LogP contribution in [0.2, 0.25) is 0 Å². The molecule has 1 aliphatic heterocycles. The van der Waals surface area contributed by atoms with Crippen LogP contribution in [-0.2, 0) is 35.0 Å². The normalized spacial score (nSPS) is 15.8. The number of benzene rings is 1. The Morgan fingerprint density at radius 2 is 1.84 bits per heavy atom. The first kappa shape index (κ1) is 18.3. The number of esters is 3. The molecule has 1 fully saturated rings. The van der Waals surface area contributed by atoms with Gasteiger partial charge in [0.25, 0.3) is 5.79 Å². The predicted molar refractivity (Wildman–Crippen MR) is 86.7 cm³/mol. The van der Waals surface area contributed by atoms with Crippen molar-refractivity contribution in [1.82, 2.24) is 0 Å². The fourth-order valence-electron chi connectivity index (χ4n) is 2.21.